The Hall–Kier alpha value is -6.34. The smallest absolute Gasteiger partial charge is 0.255 e. The molecule has 0 bridgehead atoms. The molecule has 5 aromatic carbocycles. The van der Waals surface area contributed by atoms with Crippen molar-refractivity contribution in [3.8, 4) is 0 Å². The lowest BCUT2D eigenvalue weighted by atomic mass is 10.1. The Balaban J connectivity index is 0.000000200. The van der Waals surface area contributed by atoms with E-state index in [1.807, 2.05) is 109 Å². The summed E-state index contributed by atoms with van der Waals surface area (Å²) in [6.45, 7) is 4.08. The second-order valence-corrected chi connectivity index (χ2v) is 12.3. The molecule has 2 heterocycles. The molecule has 7 heteroatoms. The molecule has 0 spiro atoms. The molecule has 2 aromatic heterocycles. The van der Waals surface area contributed by atoms with Crippen molar-refractivity contribution in [3.63, 3.8) is 0 Å². The molecular formula is C44H41N5O2. The van der Waals surface area contributed by atoms with Crippen molar-refractivity contribution in [2.75, 3.05) is 22.1 Å². The molecule has 0 atom stereocenters. The fourth-order valence-corrected chi connectivity index (χ4v) is 5.75. The third-order valence-electron chi connectivity index (χ3n) is 8.48. The molecule has 0 aliphatic heterocycles. The zero-order valence-corrected chi connectivity index (χ0v) is 28.7. The molecule has 0 saturated heterocycles. The highest BCUT2D eigenvalue weighted by Gasteiger charge is 2.11. The van der Waals surface area contributed by atoms with Crippen molar-refractivity contribution in [1.29, 1.82) is 0 Å². The first-order valence-corrected chi connectivity index (χ1v) is 17.3. The average molecular weight is 672 g/mol. The van der Waals surface area contributed by atoms with Gasteiger partial charge in [-0.1, -0.05) is 105 Å². The summed E-state index contributed by atoms with van der Waals surface area (Å²) in [5.41, 5.74) is 6.92. The van der Waals surface area contributed by atoms with Gasteiger partial charge in [-0.3, -0.25) is 19.6 Å². The van der Waals surface area contributed by atoms with Gasteiger partial charge in [0.2, 0.25) is 0 Å². The number of benzene rings is 5. The molecule has 0 radical (unpaired) electrons. The van der Waals surface area contributed by atoms with E-state index in [2.05, 4.69) is 56.7 Å². The number of hydrogen-bond acceptors (Lipinski definition) is 5. The van der Waals surface area contributed by atoms with Crippen LogP contribution in [0.3, 0.4) is 0 Å². The van der Waals surface area contributed by atoms with Crippen molar-refractivity contribution >= 4 is 50.7 Å². The number of nitrogens with one attached hydrogen (secondary N) is 2. The van der Waals surface area contributed by atoms with Crippen LogP contribution in [-0.2, 0) is 6.54 Å². The number of fused-ring (bicyclic) bond motifs is 2. The van der Waals surface area contributed by atoms with Crippen LogP contribution in [0.25, 0.3) is 21.8 Å². The standard InChI is InChI=1S/C28H29N3O.C16H12N2O/c1-2-3-9-18-31(21-22-10-5-4-6-11-22)26-16-14-23(15-17-26)28(32)30-25-19-24-12-7-8-13-27(24)29-20-25;19-16(12-6-2-1-3-7-12)18-14-10-13-8-4-5-9-15(13)17-11-14/h4-8,10-17,19-20H,2-3,9,18,21H2,1H3,(H,30,32);1-11H,(H,18,19). The summed E-state index contributed by atoms with van der Waals surface area (Å²) in [7, 11) is 0. The number of aromatic nitrogens is 2. The number of unbranched alkanes of at least 4 members (excludes halogenated alkanes) is 2. The van der Waals surface area contributed by atoms with Crippen LogP contribution in [0.2, 0.25) is 0 Å². The summed E-state index contributed by atoms with van der Waals surface area (Å²) in [4.78, 5) is 35.9. The minimum Gasteiger partial charge on any atom is -0.367 e. The monoisotopic (exact) mass is 671 g/mol. The van der Waals surface area contributed by atoms with Crippen LogP contribution >= 0.6 is 0 Å². The van der Waals surface area contributed by atoms with Crippen molar-refractivity contribution in [3.05, 3.63) is 175 Å². The zero-order chi connectivity index (χ0) is 35.3. The SMILES string of the molecule is CCCCCN(Cc1ccccc1)c1ccc(C(=O)Nc2cnc3ccccc3c2)cc1.O=C(Nc1cnc2ccccc2c1)c1ccccc1. The molecule has 51 heavy (non-hydrogen) atoms. The van der Waals surface area contributed by atoms with Crippen molar-refractivity contribution in [2.45, 2.75) is 32.7 Å². The van der Waals surface area contributed by atoms with Crippen LogP contribution in [0.15, 0.2) is 158 Å². The lowest BCUT2D eigenvalue weighted by Gasteiger charge is -2.25. The highest BCUT2D eigenvalue weighted by atomic mass is 16.2. The maximum Gasteiger partial charge on any atom is 0.255 e. The number of amides is 2. The Morgan fingerprint density at radius 2 is 1.06 bits per heavy atom. The number of nitrogens with zero attached hydrogens (tertiary/aromatic N) is 3. The predicted octanol–water partition coefficient (Wildman–Crippen LogP) is 10.2. The predicted molar refractivity (Wildman–Crippen MR) is 209 cm³/mol. The van der Waals surface area contributed by atoms with Crippen LogP contribution in [-0.4, -0.2) is 28.3 Å². The molecule has 7 nitrogen and oxygen atoms in total. The van der Waals surface area contributed by atoms with Gasteiger partial charge in [-0.05, 0) is 72.6 Å². The molecule has 0 unspecified atom stereocenters. The van der Waals surface area contributed by atoms with Crippen LogP contribution in [0.5, 0.6) is 0 Å². The van der Waals surface area contributed by atoms with Gasteiger partial charge < -0.3 is 15.5 Å². The summed E-state index contributed by atoms with van der Waals surface area (Å²) < 4.78 is 0. The molecule has 2 amide bonds. The topological polar surface area (TPSA) is 87.2 Å². The maximum absolute atomic E-state index is 12.8. The third kappa shape index (κ3) is 9.64. The second-order valence-electron chi connectivity index (χ2n) is 12.3. The van der Waals surface area contributed by atoms with E-state index in [-0.39, 0.29) is 11.8 Å². The Bertz CT molecular complexity index is 2190. The molecule has 0 saturated carbocycles. The quantitative estimate of drug-likeness (QED) is 0.134. The summed E-state index contributed by atoms with van der Waals surface area (Å²) >= 11 is 0. The number of carbonyl (C=O) groups is 2. The van der Waals surface area contributed by atoms with Gasteiger partial charge >= 0.3 is 0 Å². The van der Waals surface area contributed by atoms with Crippen LogP contribution in [0.1, 0.15) is 52.5 Å². The van der Waals surface area contributed by atoms with E-state index in [0.29, 0.717) is 22.5 Å². The first kappa shape index (κ1) is 34.5. The number of anilines is 3. The fourth-order valence-electron chi connectivity index (χ4n) is 5.75. The van der Waals surface area contributed by atoms with E-state index in [9.17, 15) is 9.59 Å². The molecule has 0 aliphatic carbocycles. The summed E-state index contributed by atoms with van der Waals surface area (Å²) in [6.07, 6.45) is 6.93. The van der Waals surface area contributed by atoms with Crippen molar-refractivity contribution in [2.24, 2.45) is 0 Å². The van der Waals surface area contributed by atoms with Gasteiger partial charge in [-0.25, -0.2) is 0 Å². The van der Waals surface area contributed by atoms with E-state index in [4.69, 9.17) is 0 Å². The van der Waals surface area contributed by atoms with Crippen LogP contribution < -0.4 is 15.5 Å². The van der Waals surface area contributed by atoms with Gasteiger partial charge in [-0.15, -0.1) is 0 Å². The Morgan fingerprint density at radius 1 is 0.569 bits per heavy atom. The van der Waals surface area contributed by atoms with Crippen LogP contribution in [0, 0.1) is 0 Å². The zero-order valence-electron chi connectivity index (χ0n) is 28.7. The molecular weight excluding hydrogens is 631 g/mol. The largest absolute Gasteiger partial charge is 0.367 e. The molecule has 7 aromatic rings. The molecule has 7 rings (SSSR count). The van der Waals surface area contributed by atoms with E-state index in [1.165, 1.54) is 18.4 Å². The summed E-state index contributed by atoms with van der Waals surface area (Å²) in [6, 6.07) is 47.1. The van der Waals surface area contributed by atoms with Gasteiger partial charge in [0.1, 0.15) is 0 Å². The molecule has 0 fully saturated rings. The van der Waals surface area contributed by atoms with Crippen molar-refractivity contribution in [1.82, 2.24) is 9.97 Å². The van der Waals surface area contributed by atoms with E-state index in [1.54, 1.807) is 24.5 Å². The lowest BCUT2D eigenvalue weighted by molar-refractivity contribution is 0.101. The number of hydrogen-bond donors (Lipinski definition) is 2. The highest BCUT2D eigenvalue weighted by molar-refractivity contribution is 6.05. The summed E-state index contributed by atoms with van der Waals surface area (Å²) in [5.74, 6) is -0.257. The van der Waals surface area contributed by atoms with Gasteiger partial charge in [-0.2, -0.15) is 0 Å². The van der Waals surface area contributed by atoms with E-state index < -0.39 is 0 Å². The number of carbonyl (C=O) groups excluding carboxylic acids is 2. The van der Waals surface area contributed by atoms with E-state index in [0.717, 1.165) is 47.0 Å². The number of pyridine rings is 2. The van der Waals surface area contributed by atoms with Gasteiger partial charge in [0.15, 0.2) is 0 Å². The third-order valence-corrected chi connectivity index (χ3v) is 8.48. The first-order chi connectivity index (χ1) is 25.1. The maximum atomic E-state index is 12.8. The Kier molecular flexibility index (Phi) is 11.7. The number of rotatable bonds is 11. The van der Waals surface area contributed by atoms with Gasteiger partial charge in [0, 0.05) is 40.7 Å². The second kappa shape index (κ2) is 17.4. The first-order valence-electron chi connectivity index (χ1n) is 17.3. The van der Waals surface area contributed by atoms with Crippen molar-refractivity contribution < 1.29 is 9.59 Å². The normalized spacial score (nSPS) is 10.6. The highest BCUT2D eigenvalue weighted by Crippen LogP contribution is 2.22. The van der Waals surface area contributed by atoms with Gasteiger partial charge in [0.25, 0.3) is 11.8 Å². The average Bonchev–Trinajstić information content (AvgIpc) is 3.18. The summed E-state index contributed by atoms with van der Waals surface area (Å²) in [5, 5.41) is 7.83. The minimum absolute atomic E-state index is 0.127. The van der Waals surface area contributed by atoms with Gasteiger partial charge in [0.05, 0.1) is 34.8 Å². The molecule has 0 aliphatic rings. The van der Waals surface area contributed by atoms with E-state index >= 15 is 0 Å². The Morgan fingerprint density at radius 3 is 1.61 bits per heavy atom. The molecule has 254 valence electrons. The lowest BCUT2D eigenvalue weighted by Crippen LogP contribution is -2.24. The Labute approximate surface area is 299 Å². The minimum atomic E-state index is -0.130. The molecule has 2 N–H and O–H groups in total. The number of para-hydroxylation sites is 2. The fraction of sp³-hybridized carbons (Fsp3) is 0.136. The van der Waals surface area contributed by atoms with Crippen LogP contribution in [0.4, 0.5) is 17.1 Å².